The molecule has 0 radical (unpaired) electrons. The molecule has 2 heterocycles. The second kappa shape index (κ2) is 5.67. The van der Waals surface area contributed by atoms with Crippen molar-refractivity contribution in [2.45, 2.75) is 26.8 Å². The smallest absolute Gasteiger partial charge is 0.222 e. The van der Waals surface area contributed by atoms with Crippen molar-refractivity contribution in [3.8, 4) is 0 Å². The van der Waals surface area contributed by atoms with E-state index in [-0.39, 0.29) is 5.78 Å². The quantitative estimate of drug-likeness (QED) is 0.723. The number of aryl methyl sites for hydroxylation is 2. The van der Waals surface area contributed by atoms with E-state index in [2.05, 4.69) is 43.9 Å². The van der Waals surface area contributed by atoms with E-state index in [1.165, 1.54) is 11.3 Å². The highest BCUT2D eigenvalue weighted by molar-refractivity contribution is 9.11. The average Bonchev–Trinajstić information content (AvgIpc) is 2.84. The predicted molar refractivity (Wildman–Crippen MR) is 80.4 cm³/mol. The number of rotatable bonds is 4. The van der Waals surface area contributed by atoms with Gasteiger partial charge in [0.1, 0.15) is 5.69 Å². The lowest BCUT2D eigenvalue weighted by molar-refractivity contribution is 0.103. The standard InChI is InChI=1S/C12H12Br2N2OS/c1-3-4-16-10(8(13)6-15-16)11(17)9-5-7(2)12(14)18-9/h5-6H,3-4H2,1-2H3. The van der Waals surface area contributed by atoms with E-state index in [1.807, 2.05) is 13.0 Å². The van der Waals surface area contributed by atoms with E-state index in [4.69, 9.17) is 0 Å². The molecular weight excluding hydrogens is 380 g/mol. The molecule has 0 bridgehead atoms. The number of carbonyl (C=O) groups excluding carboxylic acids is 1. The van der Waals surface area contributed by atoms with Crippen LogP contribution in [0.25, 0.3) is 0 Å². The number of aromatic nitrogens is 2. The third kappa shape index (κ3) is 2.60. The van der Waals surface area contributed by atoms with Gasteiger partial charge in [-0.1, -0.05) is 6.92 Å². The highest BCUT2D eigenvalue weighted by Crippen LogP contribution is 2.30. The second-order valence-electron chi connectivity index (χ2n) is 3.96. The van der Waals surface area contributed by atoms with Gasteiger partial charge < -0.3 is 0 Å². The molecule has 0 atom stereocenters. The minimum Gasteiger partial charge on any atom is -0.286 e. The number of thiophene rings is 1. The summed E-state index contributed by atoms with van der Waals surface area (Å²) in [7, 11) is 0. The monoisotopic (exact) mass is 390 g/mol. The molecule has 0 spiro atoms. The number of halogens is 2. The summed E-state index contributed by atoms with van der Waals surface area (Å²) < 4.78 is 3.52. The molecule has 0 amide bonds. The van der Waals surface area contributed by atoms with E-state index in [9.17, 15) is 4.79 Å². The van der Waals surface area contributed by atoms with Crippen LogP contribution in [0.3, 0.4) is 0 Å². The van der Waals surface area contributed by atoms with Crippen LogP contribution in [0.4, 0.5) is 0 Å². The van der Waals surface area contributed by atoms with Crippen molar-refractivity contribution in [2.24, 2.45) is 0 Å². The first-order valence-corrected chi connectivity index (χ1v) is 7.96. The van der Waals surface area contributed by atoms with Crippen LogP contribution in [0.15, 0.2) is 20.5 Å². The Kier molecular flexibility index (Phi) is 4.40. The first-order chi connectivity index (χ1) is 8.54. The van der Waals surface area contributed by atoms with Gasteiger partial charge in [0.25, 0.3) is 0 Å². The van der Waals surface area contributed by atoms with E-state index >= 15 is 0 Å². The molecule has 0 saturated carbocycles. The van der Waals surface area contributed by atoms with Gasteiger partial charge in [-0.15, -0.1) is 11.3 Å². The van der Waals surface area contributed by atoms with E-state index in [0.29, 0.717) is 5.69 Å². The highest BCUT2D eigenvalue weighted by atomic mass is 79.9. The number of carbonyl (C=O) groups is 1. The van der Waals surface area contributed by atoms with Crippen LogP contribution in [-0.4, -0.2) is 15.6 Å². The molecule has 0 fully saturated rings. The molecule has 0 unspecified atom stereocenters. The maximum Gasteiger partial charge on any atom is 0.222 e. The Morgan fingerprint density at radius 1 is 1.50 bits per heavy atom. The van der Waals surface area contributed by atoms with Gasteiger partial charge in [-0.3, -0.25) is 9.48 Å². The Labute approximate surface area is 126 Å². The van der Waals surface area contributed by atoms with Gasteiger partial charge in [-0.05, 0) is 56.8 Å². The summed E-state index contributed by atoms with van der Waals surface area (Å²) >= 11 is 8.31. The Morgan fingerprint density at radius 3 is 2.78 bits per heavy atom. The largest absolute Gasteiger partial charge is 0.286 e. The number of hydrogen-bond donors (Lipinski definition) is 0. The Hall–Kier alpha value is -0.460. The summed E-state index contributed by atoms with van der Waals surface area (Å²) in [4.78, 5) is 13.2. The molecule has 0 aliphatic carbocycles. The summed E-state index contributed by atoms with van der Waals surface area (Å²) in [5.41, 5.74) is 1.71. The van der Waals surface area contributed by atoms with Crippen molar-refractivity contribution in [1.29, 1.82) is 0 Å². The fourth-order valence-electron chi connectivity index (χ4n) is 1.66. The van der Waals surface area contributed by atoms with Crippen molar-refractivity contribution in [3.63, 3.8) is 0 Å². The Balaban J connectivity index is 2.42. The maximum absolute atomic E-state index is 12.5. The number of nitrogens with zero attached hydrogens (tertiary/aromatic N) is 2. The summed E-state index contributed by atoms with van der Waals surface area (Å²) in [6, 6.07) is 1.91. The second-order valence-corrected chi connectivity index (χ2v) is 7.19. The third-order valence-electron chi connectivity index (χ3n) is 2.53. The van der Waals surface area contributed by atoms with Crippen LogP contribution in [-0.2, 0) is 6.54 Å². The van der Waals surface area contributed by atoms with E-state index < -0.39 is 0 Å². The van der Waals surface area contributed by atoms with Crippen molar-refractivity contribution >= 4 is 49.0 Å². The molecule has 18 heavy (non-hydrogen) atoms. The molecule has 2 aromatic rings. The number of hydrogen-bond acceptors (Lipinski definition) is 3. The zero-order valence-electron chi connectivity index (χ0n) is 10.0. The zero-order valence-corrected chi connectivity index (χ0v) is 14.0. The van der Waals surface area contributed by atoms with Crippen LogP contribution >= 0.6 is 43.2 Å². The Morgan fingerprint density at radius 2 is 2.22 bits per heavy atom. The van der Waals surface area contributed by atoms with Gasteiger partial charge in [-0.2, -0.15) is 5.10 Å². The molecule has 0 N–H and O–H groups in total. The average molecular weight is 392 g/mol. The molecular formula is C12H12Br2N2OS. The normalized spacial score (nSPS) is 10.9. The van der Waals surface area contributed by atoms with Gasteiger partial charge in [0.05, 0.1) is 19.3 Å². The van der Waals surface area contributed by atoms with Crippen LogP contribution in [0, 0.1) is 6.92 Å². The molecule has 2 rings (SSSR count). The summed E-state index contributed by atoms with van der Waals surface area (Å²) in [5, 5.41) is 4.22. The SMILES string of the molecule is CCCn1ncc(Br)c1C(=O)c1cc(C)c(Br)s1. The highest BCUT2D eigenvalue weighted by Gasteiger charge is 2.20. The molecule has 0 aliphatic heterocycles. The minimum absolute atomic E-state index is 0.0200. The number of ketones is 1. The third-order valence-corrected chi connectivity index (χ3v) is 5.24. The van der Waals surface area contributed by atoms with Gasteiger partial charge in [-0.25, -0.2) is 0 Å². The molecule has 3 nitrogen and oxygen atoms in total. The van der Waals surface area contributed by atoms with Crippen LogP contribution in [0.5, 0.6) is 0 Å². The topological polar surface area (TPSA) is 34.9 Å². The molecule has 6 heteroatoms. The lowest BCUT2D eigenvalue weighted by Gasteiger charge is -2.04. The van der Waals surface area contributed by atoms with Crippen molar-refractivity contribution in [3.05, 3.63) is 36.7 Å². The predicted octanol–water partition coefficient (Wildman–Crippen LogP) is 4.42. The zero-order chi connectivity index (χ0) is 13.3. The fraction of sp³-hybridized carbons (Fsp3) is 0.333. The maximum atomic E-state index is 12.5. The molecule has 0 aliphatic rings. The van der Waals surface area contributed by atoms with Crippen LogP contribution < -0.4 is 0 Å². The van der Waals surface area contributed by atoms with Crippen LogP contribution in [0.2, 0.25) is 0 Å². The van der Waals surface area contributed by atoms with Crippen LogP contribution in [0.1, 0.15) is 34.3 Å². The summed E-state index contributed by atoms with van der Waals surface area (Å²) in [5.74, 6) is 0.0200. The van der Waals surface area contributed by atoms with E-state index in [1.54, 1.807) is 10.9 Å². The first-order valence-electron chi connectivity index (χ1n) is 5.56. The molecule has 0 aromatic carbocycles. The lowest BCUT2D eigenvalue weighted by atomic mass is 10.2. The fourth-order valence-corrected chi connectivity index (χ4v) is 3.61. The molecule has 2 aromatic heterocycles. The Bertz CT molecular complexity index is 569. The van der Waals surface area contributed by atoms with Gasteiger partial charge in [0.2, 0.25) is 5.78 Å². The van der Waals surface area contributed by atoms with Crippen molar-refractivity contribution < 1.29 is 4.79 Å². The first kappa shape index (κ1) is 14.0. The van der Waals surface area contributed by atoms with E-state index in [0.717, 1.165) is 31.7 Å². The minimum atomic E-state index is 0.0200. The van der Waals surface area contributed by atoms with Gasteiger partial charge in [0.15, 0.2) is 0 Å². The summed E-state index contributed by atoms with van der Waals surface area (Å²) in [6.45, 7) is 4.80. The van der Waals surface area contributed by atoms with Crippen molar-refractivity contribution in [1.82, 2.24) is 9.78 Å². The van der Waals surface area contributed by atoms with Gasteiger partial charge >= 0.3 is 0 Å². The molecule has 96 valence electrons. The lowest BCUT2D eigenvalue weighted by Crippen LogP contribution is -2.11. The molecule has 0 saturated heterocycles. The van der Waals surface area contributed by atoms with Gasteiger partial charge in [0, 0.05) is 6.54 Å². The summed E-state index contributed by atoms with van der Waals surface area (Å²) in [6.07, 6.45) is 2.62. The van der Waals surface area contributed by atoms with Crippen molar-refractivity contribution in [2.75, 3.05) is 0 Å².